The van der Waals surface area contributed by atoms with Gasteiger partial charge in [0.25, 0.3) is 0 Å². The number of halogens is 2. The highest BCUT2D eigenvalue weighted by molar-refractivity contribution is 6.35. The summed E-state index contributed by atoms with van der Waals surface area (Å²) < 4.78 is 22.8. The minimum Gasteiger partial charge on any atom is -0.508 e. The number of carbonyl (C=O) groups is 1. The van der Waals surface area contributed by atoms with Gasteiger partial charge in [-0.3, -0.25) is 4.90 Å². The molecule has 42 heavy (non-hydrogen) atoms. The third kappa shape index (κ3) is 4.53. The summed E-state index contributed by atoms with van der Waals surface area (Å²) in [5, 5.41) is 22.3. The van der Waals surface area contributed by atoms with Crippen molar-refractivity contribution in [1.82, 2.24) is 19.8 Å². The quantitative estimate of drug-likeness (QED) is 0.302. The molecule has 2 N–H and O–H groups in total. The van der Waals surface area contributed by atoms with E-state index in [1.165, 1.54) is 11.0 Å². The molecule has 3 atom stereocenters. The first-order valence-corrected chi connectivity index (χ1v) is 14.7. The van der Waals surface area contributed by atoms with Gasteiger partial charge >= 0.3 is 12.1 Å². The SMILES string of the molecule is CN1CCCC1COc1nc(N2C[C@H]3CC[C@@H](C2)N3C(=O)O)c2cc(Cl)c(-c3cc(O)cc4ccccc34)c(F)c2n1. The maximum Gasteiger partial charge on any atom is 0.407 e. The number of anilines is 1. The van der Waals surface area contributed by atoms with E-state index in [9.17, 15) is 15.0 Å². The number of likely N-dealkylation sites (tertiary alicyclic amines) is 1. The summed E-state index contributed by atoms with van der Waals surface area (Å²) in [6.45, 7) is 2.22. The number of amides is 1. The molecule has 1 amide bonds. The van der Waals surface area contributed by atoms with Crippen molar-refractivity contribution in [3.63, 3.8) is 0 Å². The van der Waals surface area contributed by atoms with Crippen molar-refractivity contribution in [3.05, 3.63) is 53.3 Å². The van der Waals surface area contributed by atoms with Crippen LogP contribution in [0.3, 0.4) is 0 Å². The third-order valence-corrected chi connectivity index (χ3v) is 9.34. The molecule has 3 saturated heterocycles. The number of piperazine rings is 1. The molecule has 0 spiro atoms. The van der Waals surface area contributed by atoms with Crippen molar-refractivity contribution >= 4 is 45.2 Å². The van der Waals surface area contributed by atoms with Crippen LogP contribution in [0.4, 0.5) is 15.0 Å². The van der Waals surface area contributed by atoms with E-state index >= 15 is 4.39 Å². The minimum absolute atomic E-state index is 0.000812. The fourth-order valence-electron chi connectivity index (χ4n) is 6.96. The Bertz CT molecular complexity index is 1710. The van der Waals surface area contributed by atoms with E-state index in [2.05, 4.69) is 16.9 Å². The van der Waals surface area contributed by atoms with Gasteiger partial charge in [-0.1, -0.05) is 35.9 Å². The molecule has 3 fully saturated rings. The number of aromatic hydroxyl groups is 1. The molecule has 1 unspecified atom stereocenters. The van der Waals surface area contributed by atoms with Crippen LogP contribution in [-0.4, -0.2) is 87.5 Å². The number of hydrogen-bond donors (Lipinski definition) is 2. The van der Waals surface area contributed by atoms with Gasteiger partial charge in [-0.15, -0.1) is 0 Å². The van der Waals surface area contributed by atoms with Crippen molar-refractivity contribution < 1.29 is 24.1 Å². The second kappa shape index (κ2) is 10.4. The first kappa shape index (κ1) is 27.0. The van der Waals surface area contributed by atoms with Crippen LogP contribution in [-0.2, 0) is 0 Å². The van der Waals surface area contributed by atoms with Gasteiger partial charge in [-0.25, -0.2) is 9.18 Å². The van der Waals surface area contributed by atoms with Crippen molar-refractivity contribution in [2.75, 3.05) is 38.2 Å². The van der Waals surface area contributed by atoms with Crippen molar-refractivity contribution in [2.24, 2.45) is 0 Å². The first-order valence-electron chi connectivity index (χ1n) is 14.3. The molecule has 4 aromatic rings. The Labute approximate surface area is 247 Å². The number of hydrogen-bond acceptors (Lipinski definition) is 7. The number of aromatic nitrogens is 2. The molecule has 7 rings (SSSR count). The van der Waals surface area contributed by atoms with Gasteiger partial charge in [-0.05, 0) is 73.8 Å². The van der Waals surface area contributed by atoms with Crippen LogP contribution >= 0.6 is 11.6 Å². The molecule has 218 valence electrons. The normalized spacial score (nSPS) is 22.4. The van der Waals surface area contributed by atoms with Gasteiger partial charge in [0.1, 0.15) is 23.7 Å². The molecule has 0 saturated carbocycles. The smallest absolute Gasteiger partial charge is 0.407 e. The Kier molecular flexibility index (Phi) is 6.70. The van der Waals surface area contributed by atoms with E-state index < -0.39 is 11.9 Å². The average molecular weight is 592 g/mol. The molecule has 3 aliphatic rings. The summed E-state index contributed by atoms with van der Waals surface area (Å²) in [6, 6.07) is 12.2. The maximum absolute atomic E-state index is 16.7. The van der Waals surface area contributed by atoms with Crippen LogP contribution in [0, 0.1) is 5.82 Å². The number of phenolic OH excluding ortho intramolecular Hbond substituents is 1. The maximum atomic E-state index is 16.7. The molecule has 2 bridgehead atoms. The lowest BCUT2D eigenvalue weighted by Gasteiger charge is -2.40. The second-order valence-electron chi connectivity index (χ2n) is 11.6. The number of rotatable bonds is 5. The number of ether oxygens (including phenoxy) is 1. The lowest BCUT2D eigenvalue weighted by molar-refractivity contribution is 0.114. The molecule has 1 aromatic heterocycles. The van der Waals surface area contributed by atoms with Gasteiger partial charge in [0.2, 0.25) is 0 Å². The molecule has 3 aromatic carbocycles. The third-order valence-electron chi connectivity index (χ3n) is 9.04. The average Bonchev–Trinajstić information content (AvgIpc) is 3.50. The van der Waals surface area contributed by atoms with Gasteiger partial charge in [0, 0.05) is 30.1 Å². The lowest BCUT2D eigenvalue weighted by Crippen LogP contribution is -2.55. The fraction of sp³-hybridized carbons (Fsp3) is 0.387. The van der Waals surface area contributed by atoms with Gasteiger partial charge < -0.3 is 24.7 Å². The highest BCUT2D eigenvalue weighted by Crippen LogP contribution is 2.43. The Morgan fingerprint density at radius 1 is 1.10 bits per heavy atom. The molecule has 4 heterocycles. The fourth-order valence-corrected chi connectivity index (χ4v) is 7.26. The van der Waals surface area contributed by atoms with Crippen LogP contribution in [0.5, 0.6) is 11.8 Å². The highest BCUT2D eigenvalue weighted by Gasteiger charge is 2.43. The van der Waals surface area contributed by atoms with Gasteiger partial charge in [0.15, 0.2) is 5.82 Å². The van der Waals surface area contributed by atoms with Crippen molar-refractivity contribution in [1.29, 1.82) is 0 Å². The molecular weight excluding hydrogens is 561 g/mol. The number of likely N-dealkylation sites (N-methyl/N-ethyl adjacent to an activating group) is 1. The number of nitrogens with zero attached hydrogens (tertiary/aromatic N) is 5. The summed E-state index contributed by atoms with van der Waals surface area (Å²) in [5.74, 6) is -0.157. The molecule has 3 aliphatic heterocycles. The Morgan fingerprint density at radius 3 is 2.57 bits per heavy atom. The predicted octanol–water partition coefficient (Wildman–Crippen LogP) is 5.75. The van der Waals surface area contributed by atoms with Crippen LogP contribution in [0.2, 0.25) is 5.02 Å². The van der Waals surface area contributed by atoms with Crippen molar-refractivity contribution in [3.8, 4) is 22.9 Å². The molecular formula is C31H31ClFN5O4. The predicted molar refractivity (Wildman–Crippen MR) is 159 cm³/mol. The molecule has 9 nitrogen and oxygen atoms in total. The summed E-state index contributed by atoms with van der Waals surface area (Å²) >= 11 is 6.83. The van der Waals surface area contributed by atoms with E-state index in [0.29, 0.717) is 36.5 Å². The van der Waals surface area contributed by atoms with Crippen LogP contribution in [0.15, 0.2) is 42.5 Å². The van der Waals surface area contributed by atoms with E-state index in [0.717, 1.165) is 43.0 Å². The van der Waals surface area contributed by atoms with E-state index in [1.54, 1.807) is 12.1 Å². The largest absolute Gasteiger partial charge is 0.508 e. The number of phenols is 1. The number of fused-ring (bicyclic) bond motifs is 4. The zero-order valence-corrected chi connectivity index (χ0v) is 23.9. The summed E-state index contributed by atoms with van der Waals surface area (Å²) in [4.78, 5) is 27.0. The van der Waals surface area contributed by atoms with E-state index in [1.807, 2.05) is 29.2 Å². The molecule has 11 heteroatoms. The zero-order valence-electron chi connectivity index (χ0n) is 23.1. The van der Waals surface area contributed by atoms with Crippen LogP contribution in [0.1, 0.15) is 25.7 Å². The Balaban J connectivity index is 1.37. The number of carboxylic acid groups (broad SMARTS) is 1. The van der Waals surface area contributed by atoms with Crippen molar-refractivity contribution in [2.45, 2.75) is 43.8 Å². The lowest BCUT2D eigenvalue weighted by atomic mass is 9.96. The first-order chi connectivity index (χ1) is 20.3. The van der Waals surface area contributed by atoms with Crippen LogP contribution in [0.25, 0.3) is 32.8 Å². The molecule has 0 radical (unpaired) electrons. The van der Waals surface area contributed by atoms with E-state index in [-0.39, 0.29) is 46.0 Å². The highest BCUT2D eigenvalue weighted by atomic mass is 35.5. The van der Waals surface area contributed by atoms with E-state index in [4.69, 9.17) is 21.3 Å². The number of benzene rings is 3. The van der Waals surface area contributed by atoms with Gasteiger partial charge in [-0.2, -0.15) is 9.97 Å². The monoisotopic (exact) mass is 591 g/mol. The standard InChI is InChI=1S/C31H31ClFN5O4/c1-36-10-4-6-20(36)16-42-30-34-28-24(29(35-30)37-14-18-8-9-19(15-37)38(18)31(40)41)13-25(32)26(27(28)33)23-12-21(39)11-17-5-2-3-7-22(17)23/h2-3,5,7,11-13,18-20,39H,4,6,8-10,14-16H2,1H3,(H,40,41)/t18-,19+,20?. The Morgan fingerprint density at radius 2 is 1.86 bits per heavy atom. The second-order valence-corrected chi connectivity index (χ2v) is 12.0. The summed E-state index contributed by atoms with van der Waals surface area (Å²) in [5.41, 5.74) is 0.658. The minimum atomic E-state index is -0.920. The van der Waals surface area contributed by atoms with Crippen LogP contribution < -0.4 is 9.64 Å². The Hall–Kier alpha value is -3.89. The van der Waals surface area contributed by atoms with Gasteiger partial charge in [0.05, 0.1) is 17.1 Å². The zero-order chi connectivity index (χ0) is 29.1. The summed E-state index contributed by atoms with van der Waals surface area (Å²) in [7, 11) is 2.05. The summed E-state index contributed by atoms with van der Waals surface area (Å²) in [6.07, 6.45) is 2.68. The topological polar surface area (TPSA) is 102 Å². The molecule has 0 aliphatic carbocycles.